The Hall–Kier alpha value is -3.01. The van der Waals surface area contributed by atoms with Crippen molar-refractivity contribution in [1.82, 2.24) is 4.98 Å². The summed E-state index contributed by atoms with van der Waals surface area (Å²) in [6, 6.07) is 10.8. The Bertz CT molecular complexity index is 898. The van der Waals surface area contributed by atoms with Crippen molar-refractivity contribution in [2.75, 3.05) is 7.05 Å². The van der Waals surface area contributed by atoms with Gasteiger partial charge in [-0.15, -0.1) is 0 Å². The van der Waals surface area contributed by atoms with Crippen LogP contribution in [0.25, 0.3) is 0 Å². The van der Waals surface area contributed by atoms with Crippen LogP contribution in [0.5, 0.6) is 0 Å². The van der Waals surface area contributed by atoms with Crippen LogP contribution in [0.2, 0.25) is 0 Å². The highest BCUT2D eigenvalue weighted by atomic mass is 15.2. The lowest BCUT2D eigenvalue weighted by molar-refractivity contribution is -0.916. The van der Waals surface area contributed by atoms with Gasteiger partial charge in [0.25, 0.3) is 0 Å². The molecule has 2 unspecified atom stereocenters. The molecule has 2 N–H and O–H groups in total. The molecule has 1 aromatic heterocycles. The van der Waals surface area contributed by atoms with Crippen LogP contribution >= 0.6 is 0 Å². The molecule has 1 saturated heterocycles. The number of nitriles is 3. The number of aromatic nitrogens is 1. The van der Waals surface area contributed by atoms with Crippen molar-refractivity contribution in [3.05, 3.63) is 41.7 Å². The van der Waals surface area contributed by atoms with Crippen LogP contribution < -0.4 is 4.90 Å². The number of nitrogens with zero attached hydrogens (tertiary/aromatic N) is 4. The summed E-state index contributed by atoms with van der Waals surface area (Å²) in [4.78, 5) is 5.57. The number of likely N-dealkylation sites (N-methyl/N-ethyl adjacent to an activating group) is 1. The normalized spacial score (nSPS) is 36.8. The summed E-state index contributed by atoms with van der Waals surface area (Å²) in [6.45, 7) is 0. The quantitative estimate of drug-likeness (QED) is 0.740. The highest BCUT2D eigenvalue weighted by molar-refractivity contribution is 6.00. The van der Waals surface area contributed by atoms with Crippen molar-refractivity contribution in [3.63, 3.8) is 0 Å². The van der Waals surface area contributed by atoms with Crippen LogP contribution in [-0.4, -0.2) is 29.8 Å². The van der Waals surface area contributed by atoms with E-state index < -0.39 is 17.3 Å². The zero-order valence-electron chi connectivity index (χ0n) is 14.5. The van der Waals surface area contributed by atoms with Crippen molar-refractivity contribution in [2.45, 2.75) is 30.8 Å². The monoisotopic (exact) mass is 343 g/mol. The van der Waals surface area contributed by atoms with Crippen LogP contribution in [0.15, 0.2) is 36.2 Å². The Morgan fingerprint density at radius 2 is 2.04 bits per heavy atom. The van der Waals surface area contributed by atoms with E-state index in [0.29, 0.717) is 6.04 Å². The van der Waals surface area contributed by atoms with Gasteiger partial charge < -0.3 is 10.3 Å². The molecule has 3 aliphatic rings. The lowest BCUT2D eigenvalue weighted by Crippen LogP contribution is -3.15. The summed E-state index contributed by atoms with van der Waals surface area (Å²) in [5.74, 6) is -1.37. The number of hydrogen-bond donors (Lipinski definition) is 2. The van der Waals surface area contributed by atoms with E-state index in [0.717, 1.165) is 24.0 Å². The predicted octanol–water partition coefficient (Wildman–Crippen LogP) is 0.974. The molecule has 6 heteroatoms. The Morgan fingerprint density at radius 1 is 1.27 bits per heavy atom. The smallest absolute Gasteiger partial charge is 0.190 e. The number of fused-ring (bicyclic) bond motifs is 4. The third-order valence-corrected chi connectivity index (χ3v) is 6.57. The maximum absolute atomic E-state index is 10.0. The molecule has 128 valence electrons. The second-order valence-electron chi connectivity index (χ2n) is 7.50. The zero-order valence-corrected chi connectivity index (χ0v) is 14.5. The highest BCUT2D eigenvalue weighted by Crippen LogP contribution is 2.55. The van der Waals surface area contributed by atoms with Crippen molar-refractivity contribution >= 4 is 5.71 Å². The van der Waals surface area contributed by atoms with Crippen molar-refractivity contribution in [3.8, 4) is 18.2 Å². The minimum absolute atomic E-state index is 0.0830. The molecule has 2 bridgehead atoms. The van der Waals surface area contributed by atoms with Crippen molar-refractivity contribution in [2.24, 2.45) is 17.3 Å². The van der Waals surface area contributed by atoms with E-state index in [-0.39, 0.29) is 17.7 Å². The summed E-state index contributed by atoms with van der Waals surface area (Å²) >= 11 is 0. The molecule has 3 heterocycles. The maximum Gasteiger partial charge on any atom is 0.190 e. The molecule has 0 aromatic carbocycles. The van der Waals surface area contributed by atoms with Gasteiger partial charge in [0.2, 0.25) is 0 Å². The lowest BCUT2D eigenvalue weighted by Gasteiger charge is -2.48. The van der Waals surface area contributed by atoms with E-state index in [9.17, 15) is 15.8 Å². The molecule has 4 rings (SSSR count). The SMILES string of the molecule is C[NH+]1[C@H]2C=C3C(C#N)C(=N)C(C#N)(C#N)[C@@H](c4cccnc4)[C@@H]3[C@@H]1CC2. The summed E-state index contributed by atoms with van der Waals surface area (Å²) < 4.78 is 0. The van der Waals surface area contributed by atoms with Gasteiger partial charge in [0.05, 0.1) is 37.0 Å². The third kappa shape index (κ3) is 1.93. The van der Waals surface area contributed by atoms with Gasteiger partial charge in [0.1, 0.15) is 12.0 Å². The van der Waals surface area contributed by atoms with E-state index in [4.69, 9.17) is 5.41 Å². The van der Waals surface area contributed by atoms with Crippen LogP contribution in [0.3, 0.4) is 0 Å². The molecule has 0 spiro atoms. The number of pyridine rings is 1. The van der Waals surface area contributed by atoms with Crippen LogP contribution in [-0.2, 0) is 0 Å². The number of hydrogen-bond acceptors (Lipinski definition) is 5. The van der Waals surface area contributed by atoms with E-state index >= 15 is 0 Å². The fourth-order valence-electron chi connectivity index (χ4n) is 5.33. The number of quaternary nitrogens is 1. The summed E-state index contributed by atoms with van der Waals surface area (Å²) in [5.41, 5.74) is 0.0119. The van der Waals surface area contributed by atoms with Gasteiger partial charge in [-0.25, -0.2) is 0 Å². The first-order valence-electron chi connectivity index (χ1n) is 8.85. The number of nitrogens with one attached hydrogen (secondary N) is 2. The Kier molecular flexibility index (Phi) is 3.65. The van der Waals surface area contributed by atoms with E-state index in [1.807, 2.05) is 6.07 Å². The third-order valence-electron chi connectivity index (χ3n) is 6.57. The zero-order chi connectivity index (χ0) is 18.5. The highest BCUT2D eigenvalue weighted by Gasteiger charge is 2.62. The van der Waals surface area contributed by atoms with Crippen LogP contribution in [0.4, 0.5) is 0 Å². The summed E-state index contributed by atoms with van der Waals surface area (Å²) in [6.07, 6.45) is 7.54. The first-order valence-corrected chi connectivity index (χ1v) is 8.85. The largest absolute Gasteiger partial charge is 0.329 e. The van der Waals surface area contributed by atoms with Crippen molar-refractivity contribution in [1.29, 1.82) is 21.2 Å². The lowest BCUT2D eigenvalue weighted by atomic mass is 9.53. The first kappa shape index (κ1) is 16.5. The van der Waals surface area contributed by atoms with Crippen LogP contribution in [0, 0.1) is 56.7 Å². The molecule has 1 aromatic rings. The molecule has 6 atom stereocenters. The van der Waals surface area contributed by atoms with E-state index in [1.54, 1.807) is 18.5 Å². The van der Waals surface area contributed by atoms with Gasteiger partial charge in [-0.2, -0.15) is 15.8 Å². The minimum Gasteiger partial charge on any atom is -0.329 e. The number of rotatable bonds is 1. The second kappa shape index (κ2) is 5.77. The van der Waals surface area contributed by atoms with E-state index in [2.05, 4.69) is 36.3 Å². The van der Waals surface area contributed by atoms with Gasteiger partial charge in [-0.05, 0) is 23.3 Å². The average Bonchev–Trinajstić information content (AvgIpc) is 2.91. The summed E-state index contributed by atoms with van der Waals surface area (Å²) in [5, 5.41) is 38.4. The molecule has 6 nitrogen and oxygen atoms in total. The van der Waals surface area contributed by atoms with E-state index in [1.165, 1.54) is 4.90 Å². The Balaban J connectivity index is 2.00. The molecule has 2 aliphatic heterocycles. The standard InChI is InChI=1S/C20H18N6/c1-26-13-4-5-16(26)17-14(7-13)15(8-21)19(24)20(10-22,11-23)18(17)12-3-2-6-25-9-12/h2-3,6-7,9,13,15-18,24H,4-5H2,1H3/p+1/t13-,15?,16+,17+,18+/m1/s1. The Labute approximate surface area is 152 Å². The minimum atomic E-state index is -1.64. The summed E-state index contributed by atoms with van der Waals surface area (Å²) in [7, 11) is 2.15. The fraction of sp³-hybridized carbons (Fsp3) is 0.450. The molecular weight excluding hydrogens is 324 g/mol. The molecule has 1 saturated carbocycles. The van der Waals surface area contributed by atoms with Gasteiger partial charge in [-0.3, -0.25) is 4.98 Å². The molecule has 2 fully saturated rings. The van der Waals surface area contributed by atoms with Gasteiger partial charge in [-0.1, -0.05) is 6.07 Å². The van der Waals surface area contributed by atoms with Gasteiger partial charge in [0.15, 0.2) is 5.41 Å². The Morgan fingerprint density at radius 3 is 2.65 bits per heavy atom. The maximum atomic E-state index is 10.0. The second-order valence-corrected chi connectivity index (χ2v) is 7.50. The first-order chi connectivity index (χ1) is 12.6. The molecule has 0 radical (unpaired) electrons. The predicted molar refractivity (Wildman–Crippen MR) is 92.7 cm³/mol. The molecular formula is C20H19N6+. The van der Waals surface area contributed by atoms with Crippen LogP contribution in [0.1, 0.15) is 24.3 Å². The molecule has 26 heavy (non-hydrogen) atoms. The molecule has 1 aliphatic carbocycles. The van der Waals surface area contributed by atoms with Crippen molar-refractivity contribution < 1.29 is 4.90 Å². The average molecular weight is 343 g/mol. The van der Waals surface area contributed by atoms with Gasteiger partial charge >= 0.3 is 0 Å². The molecule has 0 amide bonds. The van der Waals surface area contributed by atoms with Gasteiger partial charge in [0, 0.05) is 37.1 Å². The fourth-order valence-corrected chi connectivity index (χ4v) is 5.33. The topological polar surface area (TPSA) is 113 Å².